The lowest BCUT2D eigenvalue weighted by Crippen LogP contribution is -2.44. The Bertz CT molecular complexity index is 158. The van der Waals surface area contributed by atoms with Gasteiger partial charge in [-0.3, -0.25) is 4.90 Å². The molecule has 1 atom stereocenters. The molecule has 0 fully saturated rings. The summed E-state index contributed by atoms with van der Waals surface area (Å²) in [5.74, 6) is 0. The maximum absolute atomic E-state index is 5.90. The fraction of sp³-hybridized carbons (Fsp3) is 1.00. The van der Waals surface area contributed by atoms with E-state index in [-0.39, 0.29) is 0 Å². The third kappa shape index (κ3) is 8.86. The topological polar surface area (TPSA) is 47.7 Å². The molecule has 18 heavy (non-hydrogen) atoms. The summed E-state index contributed by atoms with van der Waals surface area (Å²) in [7, 11) is 0. The van der Waals surface area contributed by atoms with Crippen molar-refractivity contribution in [2.45, 2.75) is 46.1 Å². The van der Waals surface area contributed by atoms with Crippen molar-refractivity contribution in [1.29, 1.82) is 0 Å². The number of unbranched alkanes of at least 4 members (excludes halogenated alkanes) is 1. The van der Waals surface area contributed by atoms with Gasteiger partial charge in [0, 0.05) is 38.9 Å². The molecule has 0 aromatic heterocycles. The molecule has 1 unspecified atom stereocenters. The maximum atomic E-state index is 5.90. The summed E-state index contributed by atoms with van der Waals surface area (Å²) in [6.45, 7) is 12.0. The van der Waals surface area contributed by atoms with Crippen LogP contribution in [0.15, 0.2) is 0 Å². The van der Waals surface area contributed by atoms with E-state index in [0.29, 0.717) is 6.04 Å². The second-order valence-electron chi connectivity index (χ2n) is 4.46. The number of nitrogens with two attached hydrogens (primary N) is 1. The minimum absolute atomic E-state index is 0.464. The highest BCUT2D eigenvalue weighted by Gasteiger charge is 2.16. The predicted molar refractivity (Wildman–Crippen MR) is 76.9 cm³/mol. The van der Waals surface area contributed by atoms with Crippen molar-refractivity contribution >= 4 is 0 Å². The molecule has 110 valence electrons. The summed E-state index contributed by atoms with van der Waals surface area (Å²) in [5.41, 5.74) is 5.90. The van der Waals surface area contributed by atoms with E-state index < -0.39 is 0 Å². The predicted octanol–water partition coefficient (Wildman–Crippen LogP) is 1.88. The van der Waals surface area contributed by atoms with Crippen LogP contribution in [0.5, 0.6) is 0 Å². The summed E-state index contributed by atoms with van der Waals surface area (Å²) in [5, 5.41) is 0. The number of hydrogen-bond acceptors (Lipinski definition) is 4. The van der Waals surface area contributed by atoms with Crippen LogP contribution in [-0.4, -0.2) is 57.0 Å². The zero-order chi connectivity index (χ0) is 13.6. The Labute approximate surface area is 113 Å². The third-order valence-electron chi connectivity index (χ3n) is 3.13. The summed E-state index contributed by atoms with van der Waals surface area (Å²) in [6, 6.07) is 0.464. The molecule has 0 aliphatic rings. The van der Waals surface area contributed by atoms with Crippen LogP contribution in [0.25, 0.3) is 0 Å². The minimum atomic E-state index is 0.464. The van der Waals surface area contributed by atoms with E-state index in [2.05, 4.69) is 11.8 Å². The van der Waals surface area contributed by atoms with Crippen molar-refractivity contribution in [1.82, 2.24) is 4.90 Å². The molecule has 0 aromatic rings. The molecule has 0 heterocycles. The van der Waals surface area contributed by atoms with Gasteiger partial charge in [-0.2, -0.15) is 0 Å². The van der Waals surface area contributed by atoms with Crippen LogP contribution >= 0.6 is 0 Å². The molecule has 0 rings (SSSR count). The van der Waals surface area contributed by atoms with Crippen molar-refractivity contribution in [3.05, 3.63) is 0 Å². The summed E-state index contributed by atoms with van der Waals surface area (Å²) >= 11 is 0. The van der Waals surface area contributed by atoms with Crippen molar-refractivity contribution in [3.8, 4) is 0 Å². The lowest BCUT2D eigenvalue weighted by Gasteiger charge is -2.30. The molecule has 0 aliphatic heterocycles. The second-order valence-corrected chi connectivity index (χ2v) is 4.46. The monoisotopic (exact) mass is 260 g/mol. The highest BCUT2D eigenvalue weighted by atomic mass is 16.5. The van der Waals surface area contributed by atoms with Gasteiger partial charge in [-0.25, -0.2) is 0 Å². The first-order chi connectivity index (χ1) is 8.79. The van der Waals surface area contributed by atoms with E-state index in [1.165, 1.54) is 19.3 Å². The highest BCUT2D eigenvalue weighted by Crippen LogP contribution is 2.08. The van der Waals surface area contributed by atoms with Crippen molar-refractivity contribution in [3.63, 3.8) is 0 Å². The van der Waals surface area contributed by atoms with E-state index in [9.17, 15) is 0 Å². The van der Waals surface area contributed by atoms with Gasteiger partial charge < -0.3 is 15.2 Å². The van der Waals surface area contributed by atoms with Crippen LogP contribution in [0, 0.1) is 0 Å². The lowest BCUT2D eigenvalue weighted by atomic mass is 10.1. The Morgan fingerprint density at radius 2 is 1.56 bits per heavy atom. The Morgan fingerprint density at radius 3 is 1.94 bits per heavy atom. The zero-order valence-electron chi connectivity index (χ0n) is 12.5. The van der Waals surface area contributed by atoms with Gasteiger partial charge in [0.25, 0.3) is 0 Å². The van der Waals surface area contributed by atoms with E-state index in [1.807, 2.05) is 13.8 Å². The molecule has 0 radical (unpaired) electrons. The molecule has 4 nitrogen and oxygen atoms in total. The molecule has 0 saturated carbocycles. The molecule has 0 amide bonds. The third-order valence-corrected chi connectivity index (χ3v) is 3.13. The van der Waals surface area contributed by atoms with Gasteiger partial charge in [0.2, 0.25) is 0 Å². The highest BCUT2D eigenvalue weighted by molar-refractivity contribution is 4.72. The number of hydrogen-bond donors (Lipinski definition) is 1. The summed E-state index contributed by atoms with van der Waals surface area (Å²) < 4.78 is 10.9. The van der Waals surface area contributed by atoms with Gasteiger partial charge in [-0.05, 0) is 20.3 Å². The van der Waals surface area contributed by atoms with Gasteiger partial charge in [-0.15, -0.1) is 0 Å². The van der Waals surface area contributed by atoms with Crippen LogP contribution in [0.2, 0.25) is 0 Å². The van der Waals surface area contributed by atoms with E-state index in [4.69, 9.17) is 15.2 Å². The van der Waals surface area contributed by atoms with Crippen molar-refractivity contribution in [2.75, 3.05) is 46.1 Å². The van der Waals surface area contributed by atoms with Crippen LogP contribution < -0.4 is 5.73 Å². The first-order valence-electron chi connectivity index (χ1n) is 7.39. The van der Waals surface area contributed by atoms with Gasteiger partial charge in [0.05, 0.1) is 13.2 Å². The molecular formula is C14H32N2O2. The largest absolute Gasteiger partial charge is 0.380 e. The van der Waals surface area contributed by atoms with Gasteiger partial charge in [0.15, 0.2) is 0 Å². The van der Waals surface area contributed by atoms with Crippen LogP contribution in [0.4, 0.5) is 0 Å². The average Bonchev–Trinajstić information content (AvgIpc) is 2.39. The van der Waals surface area contributed by atoms with E-state index in [1.54, 1.807) is 0 Å². The van der Waals surface area contributed by atoms with Gasteiger partial charge in [-0.1, -0.05) is 19.8 Å². The van der Waals surface area contributed by atoms with Gasteiger partial charge in [0.1, 0.15) is 0 Å². The van der Waals surface area contributed by atoms with Crippen LogP contribution in [-0.2, 0) is 9.47 Å². The number of rotatable bonds is 13. The van der Waals surface area contributed by atoms with Crippen LogP contribution in [0.3, 0.4) is 0 Å². The van der Waals surface area contributed by atoms with Gasteiger partial charge >= 0.3 is 0 Å². The first-order valence-corrected chi connectivity index (χ1v) is 7.39. The van der Waals surface area contributed by atoms with E-state index >= 15 is 0 Å². The van der Waals surface area contributed by atoms with E-state index in [0.717, 1.165) is 46.1 Å². The number of ether oxygens (including phenoxy) is 2. The van der Waals surface area contributed by atoms with Crippen molar-refractivity contribution in [2.24, 2.45) is 5.73 Å². The molecular weight excluding hydrogens is 228 g/mol. The minimum Gasteiger partial charge on any atom is -0.380 e. The molecule has 0 bridgehead atoms. The molecule has 0 aliphatic carbocycles. The Kier molecular flexibility index (Phi) is 13.2. The average molecular weight is 260 g/mol. The lowest BCUT2D eigenvalue weighted by molar-refractivity contribution is 0.0618. The first kappa shape index (κ1) is 17.8. The SMILES string of the molecule is CCCCC(CN)N(CCOCC)CCOCC. The molecule has 2 N–H and O–H groups in total. The Morgan fingerprint density at radius 1 is 1.00 bits per heavy atom. The maximum Gasteiger partial charge on any atom is 0.0593 e. The number of nitrogens with zero attached hydrogens (tertiary/aromatic N) is 1. The molecule has 0 saturated heterocycles. The fourth-order valence-electron chi connectivity index (χ4n) is 2.02. The Hall–Kier alpha value is -0.160. The Balaban J connectivity index is 4.11. The normalized spacial score (nSPS) is 13.2. The summed E-state index contributed by atoms with van der Waals surface area (Å²) in [4.78, 5) is 2.42. The second kappa shape index (κ2) is 13.3. The molecule has 4 heteroatoms. The smallest absolute Gasteiger partial charge is 0.0593 e. The standard InChI is InChI=1S/C14H32N2O2/c1-4-7-8-14(13-15)16(9-11-17-5-2)10-12-18-6-3/h14H,4-13,15H2,1-3H3. The quantitative estimate of drug-likeness (QED) is 0.514. The molecule has 0 spiro atoms. The zero-order valence-corrected chi connectivity index (χ0v) is 12.5. The molecule has 0 aromatic carbocycles. The summed E-state index contributed by atoms with van der Waals surface area (Å²) in [6.07, 6.45) is 3.63. The van der Waals surface area contributed by atoms with Crippen molar-refractivity contribution < 1.29 is 9.47 Å². The van der Waals surface area contributed by atoms with Crippen LogP contribution in [0.1, 0.15) is 40.0 Å². The fourth-order valence-corrected chi connectivity index (χ4v) is 2.02.